The summed E-state index contributed by atoms with van der Waals surface area (Å²) in [5.41, 5.74) is 2.26. The van der Waals surface area contributed by atoms with E-state index >= 15 is 0 Å². The van der Waals surface area contributed by atoms with Crippen LogP contribution in [0, 0.1) is 6.92 Å². The van der Waals surface area contributed by atoms with Gasteiger partial charge in [-0.1, -0.05) is 18.5 Å². The number of anilines is 1. The molecule has 0 aliphatic rings. The van der Waals surface area contributed by atoms with E-state index in [0.29, 0.717) is 5.15 Å². The summed E-state index contributed by atoms with van der Waals surface area (Å²) in [4.78, 5) is 8.69. The summed E-state index contributed by atoms with van der Waals surface area (Å²) in [6.07, 6.45) is 1.78. The van der Waals surface area contributed by atoms with E-state index in [2.05, 4.69) is 32.1 Å². The first-order valence-electron chi connectivity index (χ1n) is 5.98. The molecule has 0 bridgehead atoms. The lowest BCUT2D eigenvalue weighted by Crippen LogP contribution is -2.09. The first kappa shape index (κ1) is 13.3. The Kier molecular flexibility index (Phi) is 4.55. The molecule has 0 atom stereocenters. The Morgan fingerprint density at radius 2 is 2.22 bits per heavy atom. The number of thiophene rings is 1. The molecule has 0 aliphatic heterocycles. The van der Waals surface area contributed by atoms with E-state index in [1.165, 1.54) is 5.56 Å². The minimum atomic E-state index is 0.542. The fraction of sp³-hybridized carbons (Fsp3) is 0.385. The smallest absolute Gasteiger partial charge is 0.137 e. The second kappa shape index (κ2) is 6.16. The van der Waals surface area contributed by atoms with E-state index in [9.17, 15) is 0 Å². The largest absolute Gasteiger partial charge is 0.369 e. The molecule has 96 valence electrons. The van der Waals surface area contributed by atoms with Gasteiger partial charge in [-0.2, -0.15) is 11.3 Å². The van der Waals surface area contributed by atoms with Crippen LogP contribution in [0.2, 0.25) is 5.15 Å². The molecule has 0 saturated heterocycles. The summed E-state index contributed by atoms with van der Waals surface area (Å²) in [5.74, 6) is 1.63. The zero-order chi connectivity index (χ0) is 13.0. The van der Waals surface area contributed by atoms with Gasteiger partial charge in [-0.15, -0.1) is 0 Å². The van der Waals surface area contributed by atoms with E-state index in [1.54, 1.807) is 11.3 Å². The third-order valence-electron chi connectivity index (χ3n) is 2.74. The molecular weight excluding hydrogens is 266 g/mol. The number of hydrogen-bond donors (Lipinski definition) is 1. The molecule has 3 nitrogen and oxygen atoms in total. The first-order valence-corrected chi connectivity index (χ1v) is 7.30. The minimum Gasteiger partial charge on any atom is -0.369 e. The summed E-state index contributed by atoms with van der Waals surface area (Å²) >= 11 is 7.81. The highest BCUT2D eigenvalue weighted by Crippen LogP contribution is 2.20. The van der Waals surface area contributed by atoms with Crippen molar-refractivity contribution >= 4 is 28.8 Å². The maximum atomic E-state index is 6.09. The SMILES string of the molecule is CCc1nc(Cl)c(C)c(NCCc2ccsc2)n1. The van der Waals surface area contributed by atoms with Crippen molar-refractivity contribution < 1.29 is 0 Å². The highest BCUT2D eigenvalue weighted by atomic mass is 35.5. The molecule has 0 saturated carbocycles. The number of aryl methyl sites for hydroxylation is 1. The van der Waals surface area contributed by atoms with E-state index in [4.69, 9.17) is 11.6 Å². The van der Waals surface area contributed by atoms with Crippen LogP contribution in [0.15, 0.2) is 16.8 Å². The number of aromatic nitrogens is 2. The molecule has 0 aromatic carbocycles. The van der Waals surface area contributed by atoms with Crippen LogP contribution in [0.4, 0.5) is 5.82 Å². The van der Waals surface area contributed by atoms with Crippen LogP contribution in [0.25, 0.3) is 0 Å². The molecule has 2 aromatic heterocycles. The van der Waals surface area contributed by atoms with Gasteiger partial charge >= 0.3 is 0 Å². The zero-order valence-corrected chi connectivity index (χ0v) is 12.1. The van der Waals surface area contributed by atoms with Crippen molar-refractivity contribution in [1.82, 2.24) is 9.97 Å². The van der Waals surface area contributed by atoms with Crippen LogP contribution in [-0.4, -0.2) is 16.5 Å². The Hall–Kier alpha value is -1.13. The predicted octanol–water partition coefficient (Wildman–Crippen LogP) is 3.72. The summed E-state index contributed by atoms with van der Waals surface area (Å²) in [6.45, 7) is 4.82. The monoisotopic (exact) mass is 281 g/mol. The lowest BCUT2D eigenvalue weighted by atomic mass is 10.2. The average Bonchev–Trinajstić information content (AvgIpc) is 2.87. The van der Waals surface area contributed by atoms with Crippen LogP contribution < -0.4 is 5.32 Å². The van der Waals surface area contributed by atoms with Crippen LogP contribution >= 0.6 is 22.9 Å². The lowest BCUT2D eigenvalue weighted by molar-refractivity contribution is 0.916. The van der Waals surface area contributed by atoms with Crippen molar-refractivity contribution in [2.24, 2.45) is 0 Å². The molecule has 0 fully saturated rings. The van der Waals surface area contributed by atoms with Gasteiger partial charge in [0.2, 0.25) is 0 Å². The van der Waals surface area contributed by atoms with Gasteiger partial charge in [-0.25, -0.2) is 9.97 Å². The molecule has 0 unspecified atom stereocenters. The topological polar surface area (TPSA) is 37.8 Å². The third-order valence-corrected chi connectivity index (χ3v) is 3.84. The maximum absolute atomic E-state index is 6.09. The average molecular weight is 282 g/mol. The van der Waals surface area contributed by atoms with Gasteiger partial charge in [0.25, 0.3) is 0 Å². The van der Waals surface area contributed by atoms with Crippen LogP contribution in [0.5, 0.6) is 0 Å². The van der Waals surface area contributed by atoms with Gasteiger partial charge in [0.15, 0.2) is 0 Å². The van der Waals surface area contributed by atoms with Crippen molar-refractivity contribution in [2.45, 2.75) is 26.7 Å². The number of hydrogen-bond acceptors (Lipinski definition) is 4. The maximum Gasteiger partial charge on any atom is 0.137 e. The molecule has 2 aromatic rings. The van der Waals surface area contributed by atoms with E-state index in [-0.39, 0.29) is 0 Å². The second-order valence-corrected chi connectivity index (χ2v) is 5.20. The van der Waals surface area contributed by atoms with E-state index < -0.39 is 0 Å². The summed E-state index contributed by atoms with van der Waals surface area (Å²) in [6, 6.07) is 2.14. The summed E-state index contributed by atoms with van der Waals surface area (Å²) in [7, 11) is 0. The zero-order valence-electron chi connectivity index (χ0n) is 10.5. The highest BCUT2D eigenvalue weighted by Gasteiger charge is 2.07. The summed E-state index contributed by atoms with van der Waals surface area (Å²) < 4.78 is 0. The van der Waals surface area contributed by atoms with Crippen molar-refractivity contribution in [3.8, 4) is 0 Å². The van der Waals surface area contributed by atoms with Gasteiger partial charge in [-0.3, -0.25) is 0 Å². The first-order chi connectivity index (χ1) is 8.70. The highest BCUT2D eigenvalue weighted by molar-refractivity contribution is 7.07. The quantitative estimate of drug-likeness (QED) is 0.849. The van der Waals surface area contributed by atoms with Crippen LogP contribution in [-0.2, 0) is 12.8 Å². The van der Waals surface area contributed by atoms with Crippen molar-refractivity contribution in [3.63, 3.8) is 0 Å². The number of rotatable bonds is 5. The van der Waals surface area contributed by atoms with Crippen LogP contribution in [0.1, 0.15) is 23.9 Å². The fourth-order valence-electron chi connectivity index (χ4n) is 1.62. The Labute approximate surface area is 116 Å². The standard InChI is InChI=1S/C13H16ClN3S/c1-3-11-16-12(14)9(2)13(17-11)15-6-4-10-5-7-18-8-10/h5,7-8H,3-4,6H2,1-2H3,(H,15,16,17). The van der Waals surface area contributed by atoms with Gasteiger partial charge in [0, 0.05) is 18.5 Å². The Morgan fingerprint density at radius 1 is 1.39 bits per heavy atom. The minimum absolute atomic E-state index is 0.542. The molecule has 18 heavy (non-hydrogen) atoms. The normalized spacial score (nSPS) is 10.6. The molecule has 1 N–H and O–H groups in total. The van der Waals surface area contributed by atoms with Crippen LogP contribution in [0.3, 0.4) is 0 Å². The van der Waals surface area contributed by atoms with Gasteiger partial charge in [0.1, 0.15) is 16.8 Å². The molecular formula is C13H16ClN3S. The third kappa shape index (κ3) is 3.21. The number of nitrogens with zero attached hydrogens (tertiary/aromatic N) is 2. The van der Waals surface area contributed by atoms with Gasteiger partial charge in [-0.05, 0) is 35.7 Å². The molecule has 2 heterocycles. The lowest BCUT2D eigenvalue weighted by Gasteiger charge is -2.10. The van der Waals surface area contributed by atoms with E-state index in [0.717, 1.165) is 36.6 Å². The second-order valence-electron chi connectivity index (χ2n) is 4.07. The summed E-state index contributed by atoms with van der Waals surface area (Å²) in [5, 5.41) is 8.14. The number of halogens is 1. The number of nitrogens with one attached hydrogen (secondary N) is 1. The molecule has 0 spiro atoms. The van der Waals surface area contributed by atoms with Gasteiger partial charge < -0.3 is 5.32 Å². The molecule has 0 amide bonds. The molecule has 2 rings (SSSR count). The fourth-order valence-corrected chi connectivity index (χ4v) is 2.51. The van der Waals surface area contributed by atoms with E-state index in [1.807, 2.05) is 13.8 Å². The van der Waals surface area contributed by atoms with Crippen molar-refractivity contribution in [3.05, 3.63) is 38.9 Å². The van der Waals surface area contributed by atoms with Gasteiger partial charge in [0.05, 0.1) is 0 Å². The predicted molar refractivity (Wildman–Crippen MR) is 77.7 cm³/mol. The molecule has 0 aliphatic carbocycles. The van der Waals surface area contributed by atoms with Crippen molar-refractivity contribution in [1.29, 1.82) is 0 Å². The van der Waals surface area contributed by atoms with Crippen molar-refractivity contribution in [2.75, 3.05) is 11.9 Å². The Morgan fingerprint density at radius 3 is 2.89 bits per heavy atom. The Balaban J connectivity index is 2.02. The molecule has 5 heteroatoms. The Bertz CT molecular complexity index is 511. The molecule has 0 radical (unpaired) electrons.